The lowest BCUT2D eigenvalue weighted by atomic mass is 10.2. The minimum Gasteiger partial charge on any atom is -0.365 e. The Morgan fingerprint density at radius 2 is 1.93 bits per heavy atom. The van der Waals surface area contributed by atoms with E-state index in [2.05, 4.69) is 10.3 Å². The second kappa shape index (κ2) is 3.94. The summed E-state index contributed by atoms with van der Waals surface area (Å²) in [4.78, 5) is 4.45. The van der Waals surface area contributed by atoms with Crippen LogP contribution in [0.1, 0.15) is 0 Å². The topological polar surface area (TPSA) is 24.9 Å². The molecule has 2 aromatic rings. The van der Waals surface area contributed by atoms with Crippen molar-refractivity contribution >= 4 is 16.5 Å². The summed E-state index contributed by atoms with van der Waals surface area (Å²) < 4.78 is 26.7. The van der Waals surface area contributed by atoms with Crippen molar-refractivity contribution in [1.82, 2.24) is 4.98 Å². The molecule has 78 valence electrons. The first-order valence-corrected chi connectivity index (χ1v) is 5.12. The molecule has 0 unspecified atom stereocenters. The van der Waals surface area contributed by atoms with Gasteiger partial charge in [-0.05, 0) is 12.1 Å². The number of thiazole rings is 1. The van der Waals surface area contributed by atoms with E-state index in [-0.39, 0.29) is 5.56 Å². The number of hydrogen-bond acceptors (Lipinski definition) is 3. The van der Waals surface area contributed by atoms with Crippen LogP contribution in [0.4, 0.5) is 13.9 Å². The van der Waals surface area contributed by atoms with Gasteiger partial charge in [-0.2, -0.15) is 0 Å². The lowest BCUT2D eigenvalue weighted by Gasteiger charge is -2.00. The van der Waals surface area contributed by atoms with Gasteiger partial charge in [-0.15, -0.1) is 0 Å². The van der Waals surface area contributed by atoms with Crippen LogP contribution in [0.25, 0.3) is 10.4 Å². The average Bonchev–Trinajstić information content (AvgIpc) is 2.66. The van der Waals surface area contributed by atoms with Gasteiger partial charge in [0.2, 0.25) is 0 Å². The number of anilines is 1. The predicted molar refractivity (Wildman–Crippen MR) is 57.0 cm³/mol. The van der Waals surface area contributed by atoms with Gasteiger partial charge in [0, 0.05) is 13.2 Å². The van der Waals surface area contributed by atoms with Crippen LogP contribution >= 0.6 is 11.3 Å². The van der Waals surface area contributed by atoms with E-state index >= 15 is 0 Å². The molecule has 5 heteroatoms. The standard InChI is InChI=1S/C10H8F2N2S/c1-13-10-14-5-8(15-10)9-6(11)3-2-4-7(9)12/h2-5H,1H3,(H,13,14). The zero-order chi connectivity index (χ0) is 10.8. The van der Waals surface area contributed by atoms with Crippen molar-refractivity contribution < 1.29 is 8.78 Å². The molecule has 0 fully saturated rings. The SMILES string of the molecule is CNc1ncc(-c2c(F)cccc2F)s1. The number of nitrogens with one attached hydrogen (secondary N) is 1. The fourth-order valence-corrected chi connectivity index (χ4v) is 2.06. The first-order chi connectivity index (χ1) is 7.22. The van der Waals surface area contributed by atoms with Crippen molar-refractivity contribution in [1.29, 1.82) is 0 Å². The van der Waals surface area contributed by atoms with Gasteiger partial charge in [-0.25, -0.2) is 13.8 Å². The molecule has 0 amide bonds. The molecule has 0 spiro atoms. The number of hydrogen-bond donors (Lipinski definition) is 1. The number of halogens is 2. The monoisotopic (exact) mass is 226 g/mol. The number of aromatic nitrogens is 1. The van der Waals surface area contributed by atoms with Gasteiger partial charge >= 0.3 is 0 Å². The molecular weight excluding hydrogens is 218 g/mol. The van der Waals surface area contributed by atoms with Gasteiger partial charge < -0.3 is 5.32 Å². The van der Waals surface area contributed by atoms with E-state index in [0.717, 1.165) is 0 Å². The summed E-state index contributed by atoms with van der Waals surface area (Å²) in [5, 5.41) is 3.45. The van der Waals surface area contributed by atoms with Crippen molar-refractivity contribution in [2.45, 2.75) is 0 Å². The third kappa shape index (κ3) is 1.83. The molecule has 0 radical (unpaired) electrons. The van der Waals surface area contributed by atoms with Gasteiger partial charge in [-0.3, -0.25) is 0 Å². The summed E-state index contributed by atoms with van der Waals surface area (Å²) in [5.74, 6) is -1.14. The van der Waals surface area contributed by atoms with Crippen LogP contribution in [-0.4, -0.2) is 12.0 Å². The molecule has 1 N–H and O–H groups in total. The van der Waals surface area contributed by atoms with Crippen LogP contribution in [0, 0.1) is 11.6 Å². The van der Waals surface area contributed by atoms with Crippen molar-refractivity contribution in [3.63, 3.8) is 0 Å². The molecule has 0 atom stereocenters. The summed E-state index contributed by atoms with van der Waals surface area (Å²) in [6.45, 7) is 0. The zero-order valence-electron chi connectivity index (χ0n) is 7.92. The molecule has 0 aliphatic rings. The lowest BCUT2D eigenvalue weighted by Crippen LogP contribution is -1.86. The smallest absolute Gasteiger partial charge is 0.182 e. The summed E-state index contributed by atoms with van der Waals surface area (Å²) in [6.07, 6.45) is 1.46. The van der Waals surface area contributed by atoms with E-state index in [1.807, 2.05) is 0 Å². The average molecular weight is 226 g/mol. The van der Waals surface area contributed by atoms with Gasteiger partial charge in [0.25, 0.3) is 0 Å². The largest absolute Gasteiger partial charge is 0.365 e. The molecular formula is C10H8F2N2S. The summed E-state index contributed by atoms with van der Waals surface area (Å²) >= 11 is 1.21. The molecule has 1 heterocycles. The molecule has 1 aromatic carbocycles. The third-order valence-electron chi connectivity index (χ3n) is 1.93. The van der Waals surface area contributed by atoms with Gasteiger partial charge in [0.15, 0.2) is 5.13 Å². The quantitative estimate of drug-likeness (QED) is 0.851. The van der Waals surface area contributed by atoms with Crippen LogP contribution < -0.4 is 5.32 Å². The number of rotatable bonds is 2. The third-order valence-corrected chi connectivity index (χ3v) is 2.96. The predicted octanol–water partition coefficient (Wildman–Crippen LogP) is 3.13. The molecule has 0 aliphatic carbocycles. The minimum atomic E-state index is -0.568. The Labute approximate surface area is 89.6 Å². The first-order valence-electron chi connectivity index (χ1n) is 4.30. The Hall–Kier alpha value is -1.49. The van der Waals surface area contributed by atoms with Crippen LogP contribution in [-0.2, 0) is 0 Å². The van der Waals surface area contributed by atoms with Crippen molar-refractivity contribution in [2.24, 2.45) is 0 Å². The zero-order valence-corrected chi connectivity index (χ0v) is 8.74. The Bertz CT molecular complexity index is 462. The van der Waals surface area contributed by atoms with Gasteiger partial charge in [0.05, 0.1) is 10.4 Å². The lowest BCUT2D eigenvalue weighted by molar-refractivity contribution is 0.590. The summed E-state index contributed by atoms with van der Waals surface area (Å²) in [5.41, 5.74) is -0.0171. The highest BCUT2D eigenvalue weighted by Gasteiger charge is 2.13. The Morgan fingerprint density at radius 1 is 1.27 bits per heavy atom. The van der Waals surface area contributed by atoms with Gasteiger partial charge in [-0.1, -0.05) is 17.4 Å². The van der Waals surface area contributed by atoms with E-state index in [0.29, 0.717) is 10.0 Å². The highest BCUT2D eigenvalue weighted by atomic mass is 32.1. The molecule has 15 heavy (non-hydrogen) atoms. The van der Waals surface area contributed by atoms with Crippen LogP contribution in [0.5, 0.6) is 0 Å². The molecule has 0 saturated carbocycles. The van der Waals surface area contributed by atoms with Crippen LogP contribution in [0.15, 0.2) is 24.4 Å². The molecule has 0 aliphatic heterocycles. The molecule has 0 saturated heterocycles. The minimum absolute atomic E-state index is 0.0171. The van der Waals surface area contributed by atoms with Crippen LogP contribution in [0.3, 0.4) is 0 Å². The molecule has 2 nitrogen and oxygen atoms in total. The van der Waals surface area contributed by atoms with E-state index < -0.39 is 11.6 Å². The maximum atomic E-state index is 13.4. The Kier molecular flexibility index (Phi) is 2.64. The Balaban J connectivity index is 2.53. The normalized spacial score (nSPS) is 10.3. The van der Waals surface area contributed by atoms with Crippen molar-refractivity contribution in [3.05, 3.63) is 36.0 Å². The highest BCUT2D eigenvalue weighted by molar-refractivity contribution is 7.18. The second-order valence-electron chi connectivity index (χ2n) is 2.88. The fraction of sp³-hybridized carbons (Fsp3) is 0.100. The highest BCUT2D eigenvalue weighted by Crippen LogP contribution is 2.32. The van der Waals surface area contributed by atoms with Gasteiger partial charge in [0.1, 0.15) is 11.6 Å². The van der Waals surface area contributed by atoms with E-state index in [1.54, 1.807) is 7.05 Å². The maximum absolute atomic E-state index is 13.4. The summed E-state index contributed by atoms with van der Waals surface area (Å²) in [7, 11) is 1.71. The van der Waals surface area contributed by atoms with E-state index in [9.17, 15) is 8.78 Å². The Morgan fingerprint density at radius 3 is 2.47 bits per heavy atom. The second-order valence-corrected chi connectivity index (χ2v) is 3.91. The number of nitrogens with zero attached hydrogens (tertiary/aromatic N) is 1. The molecule has 0 bridgehead atoms. The van der Waals surface area contributed by atoms with Crippen molar-refractivity contribution in [3.8, 4) is 10.4 Å². The van der Waals surface area contributed by atoms with E-state index in [4.69, 9.17) is 0 Å². The summed E-state index contributed by atoms with van der Waals surface area (Å²) in [6, 6.07) is 3.81. The van der Waals surface area contributed by atoms with Crippen molar-refractivity contribution in [2.75, 3.05) is 12.4 Å². The van der Waals surface area contributed by atoms with Crippen LogP contribution in [0.2, 0.25) is 0 Å². The molecule has 2 rings (SSSR count). The maximum Gasteiger partial charge on any atom is 0.182 e. The molecule has 1 aromatic heterocycles. The van der Waals surface area contributed by atoms with E-state index in [1.165, 1.54) is 35.7 Å². The first kappa shape index (κ1) is 10.0. The fourth-order valence-electron chi connectivity index (χ4n) is 1.24. The number of benzene rings is 1.